The lowest BCUT2D eigenvalue weighted by Gasteiger charge is -2.04. The van der Waals surface area contributed by atoms with Crippen molar-refractivity contribution in [1.29, 1.82) is 0 Å². The summed E-state index contributed by atoms with van der Waals surface area (Å²) < 4.78 is 0. The summed E-state index contributed by atoms with van der Waals surface area (Å²) in [5.74, 6) is -0.939. The molecule has 1 N–H and O–H groups in total. The van der Waals surface area contributed by atoms with Crippen LogP contribution in [-0.4, -0.2) is 16.1 Å². The van der Waals surface area contributed by atoms with Crippen LogP contribution in [0.2, 0.25) is 0 Å². The van der Waals surface area contributed by atoms with Crippen molar-refractivity contribution in [2.45, 2.75) is 16.8 Å². The summed E-state index contributed by atoms with van der Waals surface area (Å²) in [6.07, 6.45) is 1.41. The van der Waals surface area contributed by atoms with Crippen LogP contribution < -0.4 is 0 Å². The average molecular weight is 245 g/mol. The van der Waals surface area contributed by atoms with Gasteiger partial charge in [-0.15, -0.1) is 0 Å². The summed E-state index contributed by atoms with van der Waals surface area (Å²) in [5, 5.41) is 9.70. The topological polar surface area (TPSA) is 50.2 Å². The molecule has 0 amide bonds. The lowest BCUT2D eigenvalue weighted by molar-refractivity contribution is 0.0695. The van der Waals surface area contributed by atoms with Crippen LogP contribution in [0.25, 0.3) is 0 Å². The smallest absolute Gasteiger partial charge is 0.337 e. The van der Waals surface area contributed by atoms with Crippen molar-refractivity contribution < 1.29 is 9.90 Å². The van der Waals surface area contributed by atoms with Crippen LogP contribution in [0.3, 0.4) is 0 Å². The highest BCUT2D eigenvalue weighted by Crippen LogP contribution is 2.26. The Morgan fingerprint density at radius 2 is 2.00 bits per heavy atom. The number of hydrogen-bond acceptors (Lipinski definition) is 3. The van der Waals surface area contributed by atoms with E-state index in [9.17, 15) is 4.79 Å². The maximum atomic E-state index is 10.8. The number of rotatable bonds is 3. The van der Waals surface area contributed by atoms with Crippen molar-refractivity contribution in [1.82, 2.24) is 4.98 Å². The number of carbonyl (C=O) groups is 1. The van der Waals surface area contributed by atoms with Crippen LogP contribution in [-0.2, 0) is 0 Å². The Balaban J connectivity index is 2.24. The summed E-state index contributed by atoms with van der Waals surface area (Å²) in [5.41, 5.74) is 0.980. The van der Waals surface area contributed by atoms with Gasteiger partial charge in [0.1, 0.15) is 5.03 Å². The highest BCUT2D eigenvalue weighted by Gasteiger charge is 2.08. The fourth-order valence-electron chi connectivity index (χ4n) is 1.42. The van der Waals surface area contributed by atoms with Gasteiger partial charge in [0.15, 0.2) is 0 Å². The van der Waals surface area contributed by atoms with Crippen LogP contribution in [0.1, 0.15) is 15.9 Å². The number of hydrogen-bond donors (Lipinski definition) is 1. The molecule has 4 heteroatoms. The standard InChI is InChI=1S/C13H11NO2S/c1-9-7-12(14-8-11(9)13(15)16)17-10-5-3-2-4-6-10/h2-8H,1H3,(H,15,16). The number of aromatic nitrogens is 1. The Morgan fingerprint density at radius 1 is 1.29 bits per heavy atom. The molecule has 0 radical (unpaired) electrons. The highest BCUT2D eigenvalue weighted by atomic mass is 32.2. The van der Waals surface area contributed by atoms with Gasteiger partial charge in [0, 0.05) is 11.1 Å². The third-order valence-corrected chi connectivity index (χ3v) is 3.22. The first-order valence-electron chi connectivity index (χ1n) is 5.09. The van der Waals surface area contributed by atoms with Crippen LogP contribution >= 0.6 is 11.8 Å². The predicted octanol–water partition coefficient (Wildman–Crippen LogP) is 3.24. The van der Waals surface area contributed by atoms with E-state index < -0.39 is 5.97 Å². The van der Waals surface area contributed by atoms with Gasteiger partial charge in [-0.25, -0.2) is 9.78 Å². The monoisotopic (exact) mass is 245 g/mol. The van der Waals surface area contributed by atoms with Crippen molar-refractivity contribution >= 4 is 17.7 Å². The normalized spacial score (nSPS) is 10.2. The van der Waals surface area contributed by atoms with Crippen molar-refractivity contribution in [3.8, 4) is 0 Å². The maximum Gasteiger partial charge on any atom is 0.337 e. The molecule has 0 spiro atoms. The third-order valence-electron chi connectivity index (χ3n) is 2.28. The predicted molar refractivity (Wildman–Crippen MR) is 66.5 cm³/mol. The van der Waals surface area contributed by atoms with E-state index in [1.54, 1.807) is 13.0 Å². The SMILES string of the molecule is Cc1cc(Sc2ccccc2)ncc1C(=O)O. The Bertz CT molecular complexity index is 540. The van der Waals surface area contributed by atoms with Crippen LogP contribution in [0.5, 0.6) is 0 Å². The summed E-state index contributed by atoms with van der Waals surface area (Å²) in [7, 11) is 0. The molecule has 0 bridgehead atoms. The second-order valence-corrected chi connectivity index (χ2v) is 4.65. The van der Waals surface area contributed by atoms with Gasteiger partial charge in [0.25, 0.3) is 0 Å². The molecule has 0 aliphatic rings. The first kappa shape index (κ1) is 11.7. The number of carboxylic acid groups (broad SMARTS) is 1. The molecule has 1 aromatic heterocycles. The molecule has 2 rings (SSSR count). The molecule has 3 nitrogen and oxygen atoms in total. The van der Waals surface area contributed by atoms with Crippen LogP contribution in [0, 0.1) is 6.92 Å². The molecule has 2 aromatic rings. The molecule has 0 atom stereocenters. The molecule has 0 saturated carbocycles. The van der Waals surface area contributed by atoms with Crippen molar-refractivity contribution in [2.75, 3.05) is 0 Å². The van der Waals surface area contributed by atoms with Crippen LogP contribution in [0.15, 0.2) is 52.5 Å². The van der Waals surface area contributed by atoms with E-state index in [-0.39, 0.29) is 5.56 Å². The fraction of sp³-hybridized carbons (Fsp3) is 0.0769. The zero-order valence-electron chi connectivity index (χ0n) is 9.25. The summed E-state index contributed by atoms with van der Waals surface area (Å²) in [6.45, 7) is 1.78. The first-order valence-corrected chi connectivity index (χ1v) is 5.91. The maximum absolute atomic E-state index is 10.8. The molecule has 1 heterocycles. The van der Waals surface area contributed by atoms with Gasteiger partial charge in [-0.2, -0.15) is 0 Å². The molecule has 0 unspecified atom stereocenters. The number of aryl methyl sites for hydroxylation is 1. The van der Waals surface area contributed by atoms with Crippen LogP contribution in [0.4, 0.5) is 0 Å². The fourth-order valence-corrected chi connectivity index (χ4v) is 2.30. The lowest BCUT2D eigenvalue weighted by Crippen LogP contribution is -2.00. The molecular weight excluding hydrogens is 234 g/mol. The number of pyridine rings is 1. The van der Waals surface area contributed by atoms with E-state index in [1.165, 1.54) is 18.0 Å². The van der Waals surface area contributed by atoms with E-state index in [2.05, 4.69) is 4.98 Å². The molecule has 1 aromatic carbocycles. The van der Waals surface area contributed by atoms with Gasteiger partial charge >= 0.3 is 5.97 Å². The zero-order chi connectivity index (χ0) is 12.3. The van der Waals surface area contributed by atoms with Gasteiger partial charge in [0.2, 0.25) is 0 Å². The summed E-state index contributed by atoms with van der Waals surface area (Å²) >= 11 is 1.52. The molecule has 86 valence electrons. The van der Waals surface area contributed by atoms with E-state index in [1.807, 2.05) is 30.3 Å². The van der Waals surface area contributed by atoms with E-state index in [4.69, 9.17) is 5.11 Å². The van der Waals surface area contributed by atoms with E-state index >= 15 is 0 Å². The summed E-state index contributed by atoms with van der Waals surface area (Å²) in [6, 6.07) is 11.7. The Hall–Kier alpha value is -1.81. The quantitative estimate of drug-likeness (QED) is 0.901. The molecule has 17 heavy (non-hydrogen) atoms. The number of nitrogens with zero attached hydrogens (tertiary/aromatic N) is 1. The van der Waals surface area contributed by atoms with Gasteiger partial charge in [-0.05, 0) is 30.7 Å². The second-order valence-electron chi connectivity index (χ2n) is 3.56. The Kier molecular flexibility index (Phi) is 3.44. The summed E-state index contributed by atoms with van der Waals surface area (Å²) in [4.78, 5) is 16.1. The van der Waals surface area contributed by atoms with Gasteiger partial charge < -0.3 is 5.11 Å². The van der Waals surface area contributed by atoms with Crippen molar-refractivity contribution in [2.24, 2.45) is 0 Å². The molecular formula is C13H11NO2S. The van der Waals surface area contributed by atoms with Gasteiger partial charge in [0.05, 0.1) is 5.56 Å². The van der Waals surface area contributed by atoms with Gasteiger partial charge in [-0.3, -0.25) is 0 Å². The molecule has 0 aliphatic heterocycles. The second kappa shape index (κ2) is 5.01. The molecule has 0 fully saturated rings. The van der Waals surface area contributed by atoms with Gasteiger partial charge in [-0.1, -0.05) is 30.0 Å². The third kappa shape index (κ3) is 2.85. The Morgan fingerprint density at radius 3 is 2.59 bits per heavy atom. The molecule has 0 aliphatic carbocycles. The minimum Gasteiger partial charge on any atom is -0.478 e. The largest absolute Gasteiger partial charge is 0.478 e. The van der Waals surface area contributed by atoms with Crippen molar-refractivity contribution in [3.63, 3.8) is 0 Å². The average Bonchev–Trinajstić information content (AvgIpc) is 2.30. The first-order chi connectivity index (χ1) is 8.16. The number of aromatic carboxylic acids is 1. The van der Waals surface area contributed by atoms with E-state index in [0.717, 1.165) is 15.5 Å². The zero-order valence-corrected chi connectivity index (χ0v) is 10.1. The molecule has 0 saturated heterocycles. The lowest BCUT2D eigenvalue weighted by atomic mass is 10.2. The Labute approximate surface area is 104 Å². The number of carboxylic acids is 1. The number of benzene rings is 1. The highest BCUT2D eigenvalue weighted by molar-refractivity contribution is 7.99. The van der Waals surface area contributed by atoms with Crippen molar-refractivity contribution in [3.05, 3.63) is 53.7 Å². The minimum atomic E-state index is -0.939. The minimum absolute atomic E-state index is 0.252. The van der Waals surface area contributed by atoms with E-state index in [0.29, 0.717) is 0 Å².